The van der Waals surface area contributed by atoms with E-state index in [1.165, 1.54) is 0 Å². The number of esters is 1. The normalized spacial score (nSPS) is 24.8. The minimum absolute atomic E-state index is 0.00823. The summed E-state index contributed by atoms with van der Waals surface area (Å²) in [5, 5.41) is 47.1. The average molecular weight is 523 g/mol. The van der Waals surface area contributed by atoms with E-state index in [9.17, 15) is 25.2 Å². The maximum atomic E-state index is 12.3. The number of aliphatic hydroxyl groups excluding tert-OH is 3. The molecule has 1 aliphatic rings. The fourth-order valence-corrected chi connectivity index (χ4v) is 4.20. The number of benzene rings is 1. The van der Waals surface area contributed by atoms with Crippen molar-refractivity contribution in [3.8, 4) is 11.6 Å². The molecule has 1 aromatic heterocycles. The van der Waals surface area contributed by atoms with Gasteiger partial charge in [0.25, 0.3) is 0 Å². The summed E-state index contributed by atoms with van der Waals surface area (Å²) in [6.45, 7) is 10.7. The standard InChI is InChI=1S/C26H38N2O9/c1-7-34-18-10-8-17(9-11-18)12-19-16(6)28(14(2)3)27-23(19)37-24(31)21-20(29)22(30)26(33,13-35-21)25(32)36-15(4)5/h8-11,14-15,20-22,24,29-31,33H,7,12-13H2,1-6H3/t20-,21+,22+,24?,26+/m1/s1. The number of hydrogen-bond donors (Lipinski definition) is 4. The van der Waals surface area contributed by atoms with Gasteiger partial charge in [-0.25, -0.2) is 4.79 Å². The zero-order valence-electron chi connectivity index (χ0n) is 22.1. The van der Waals surface area contributed by atoms with Crippen molar-refractivity contribution in [2.75, 3.05) is 13.2 Å². The van der Waals surface area contributed by atoms with Crippen molar-refractivity contribution in [2.45, 2.75) is 90.3 Å². The lowest BCUT2D eigenvalue weighted by Crippen LogP contribution is -2.67. The molecule has 11 nitrogen and oxygen atoms in total. The van der Waals surface area contributed by atoms with Gasteiger partial charge in [-0.15, -0.1) is 5.10 Å². The highest BCUT2D eigenvalue weighted by atomic mass is 16.6. The molecule has 1 saturated heterocycles. The van der Waals surface area contributed by atoms with E-state index in [4.69, 9.17) is 18.9 Å². The molecule has 1 aliphatic heterocycles. The van der Waals surface area contributed by atoms with E-state index in [2.05, 4.69) is 5.10 Å². The summed E-state index contributed by atoms with van der Waals surface area (Å²) < 4.78 is 23.4. The van der Waals surface area contributed by atoms with Gasteiger partial charge in [0, 0.05) is 23.7 Å². The summed E-state index contributed by atoms with van der Waals surface area (Å²) in [5.74, 6) is -0.239. The second-order valence-corrected chi connectivity index (χ2v) is 9.76. The Balaban J connectivity index is 1.80. The van der Waals surface area contributed by atoms with Crippen LogP contribution in [-0.4, -0.2) is 85.7 Å². The fourth-order valence-electron chi connectivity index (χ4n) is 4.20. The molecule has 206 valence electrons. The van der Waals surface area contributed by atoms with Crippen molar-refractivity contribution in [2.24, 2.45) is 0 Å². The third-order valence-corrected chi connectivity index (χ3v) is 6.20. The number of carbonyl (C=O) groups is 1. The van der Waals surface area contributed by atoms with Crippen molar-refractivity contribution in [1.82, 2.24) is 9.78 Å². The third kappa shape index (κ3) is 6.24. The summed E-state index contributed by atoms with van der Waals surface area (Å²) in [4.78, 5) is 12.3. The number of rotatable bonds is 10. The fraction of sp³-hybridized carbons (Fsp3) is 0.615. The number of aromatic nitrogens is 2. The van der Waals surface area contributed by atoms with Crippen LogP contribution in [0.4, 0.5) is 0 Å². The van der Waals surface area contributed by atoms with Crippen LogP contribution in [0.5, 0.6) is 11.6 Å². The van der Waals surface area contributed by atoms with E-state index < -0.39 is 48.9 Å². The second-order valence-electron chi connectivity index (χ2n) is 9.76. The van der Waals surface area contributed by atoms with E-state index in [1.54, 1.807) is 18.5 Å². The van der Waals surface area contributed by atoms with Crippen molar-refractivity contribution in [3.63, 3.8) is 0 Å². The zero-order valence-corrected chi connectivity index (χ0v) is 22.1. The van der Waals surface area contributed by atoms with Crippen molar-refractivity contribution >= 4 is 5.97 Å². The van der Waals surface area contributed by atoms with E-state index in [1.807, 2.05) is 52.0 Å². The molecule has 0 saturated carbocycles. The summed E-state index contributed by atoms with van der Waals surface area (Å²) in [6.07, 6.45) is -7.16. The first kappa shape index (κ1) is 28.9. The Morgan fingerprint density at radius 2 is 1.86 bits per heavy atom. The van der Waals surface area contributed by atoms with Crippen LogP contribution in [0.2, 0.25) is 0 Å². The first-order valence-corrected chi connectivity index (χ1v) is 12.4. The topological polar surface area (TPSA) is 153 Å². The van der Waals surface area contributed by atoms with Gasteiger partial charge in [0.15, 0.2) is 0 Å². The molecular weight excluding hydrogens is 484 g/mol. The van der Waals surface area contributed by atoms with Crippen molar-refractivity contribution in [1.29, 1.82) is 0 Å². The van der Waals surface area contributed by atoms with Crippen LogP contribution in [0.3, 0.4) is 0 Å². The van der Waals surface area contributed by atoms with Gasteiger partial charge in [0.05, 0.1) is 19.3 Å². The smallest absolute Gasteiger partial charge is 0.343 e. The summed E-state index contributed by atoms with van der Waals surface area (Å²) >= 11 is 0. The molecule has 2 heterocycles. The minimum Gasteiger partial charge on any atom is -0.494 e. The van der Waals surface area contributed by atoms with E-state index in [0.717, 1.165) is 22.6 Å². The number of hydrogen-bond acceptors (Lipinski definition) is 10. The molecule has 37 heavy (non-hydrogen) atoms. The van der Waals surface area contributed by atoms with Gasteiger partial charge in [-0.3, -0.25) is 4.68 Å². The highest BCUT2D eigenvalue weighted by Gasteiger charge is 2.56. The molecule has 11 heteroatoms. The molecule has 0 radical (unpaired) electrons. The molecular formula is C26H38N2O9. The van der Waals surface area contributed by atoms with Crippen molar-refractivity contribution in [3.05, 3.63) is 41.1 Å². The van der Waals surface area contributed by atoms with Gasteiger partial charge in [-0.1, -0.05) is 12.1 Å². The van der Waals surface area contributed by atoms with Gasteiger partial charge >= 0.3 is 5.97 Å². The van der Waals surface area contributed by atoms with Gasteiger partial charge in [0.1, 0.15) is 24.1 Å². The first-order chi connectivity index (χ1) is 17.4. The maximum absolute atomic E-state index is 12.3. The van der Waals surface area contributed by atoms with Crippen LogP contribution in [0, 0.1) is 6.92 Å². The van der Waals surface area contributed by atoms with E-state index in [-0.39, 0.29) is 11.9 Å². The van der Waals surface area contributed by atoms with E-state index in [0.29, 0.717) is 13.0 Å². The largest absolute Gasteiger partial charge is 0.494 e. The molecule has 0 bridgehead atoms. The van der Waals surface area contributed by atoms with Crippen LogP contribution in [-0.2, 0) is 20.7 Å². The second kappa shape index (κ2) is 11.8. The maximum Gasteiger partial charge on any atom is 0.343 e. The lowest BCUT2D eigenvalue weighted by molar-refractivity contribution is -0.273. The Morgan fingerprint density at radius 1 is 1.22 bits per heavy atom. The molecule has 0 spiro atoms. The van der Waals surface area contributed by atoms with E-state index >= 15 is 0 Å². The van der Waals surface area contributed by atoms with Gasteiger partial charge in [-0.2, -0.15) is 0 Å². The lowest BCUT2D eigenvalue weighted by Gasteiger charge is -2.42. The lowest BCUT2D eigenvalue weighted by atomic mass is 9.87. The van der Waals surface area contributed by atoms with Gasteiger partial charge < -0.3 is 39.4 Å². The van der Waals surface area contributed by atoms with Crippen LogP contribution < -0.4 is 9.47 Å². The highest BCUT2D eigenvalue weighted by Crippen LogP contribution is 2.31. The Hall–Kier alpha value is -2.70. The summed E-state index contributed by atoms with van der Waals surface area (Å²) in [7, 11) is 0. The number of aliphatic hydroxyl groups is 4. The van der Waals surface area contributed by atoms with Crippen LogP contribution >= 0.6 is 0 Å². The molecule has 0 aliphatic carbocycles. The number of ether oxygens (including phenoxy) is 4. The first-order valence-electron chi connectivity index (χ1n) is 12.4. The van der Waals surface area contributed by atoms with Crippen molar-refractivity contribution < 1.29 is 44.2 Å². The van der Waals surface area contributed by atoms with Crippen LogP contribution in [0.25, 0.3) is 0 Å². The zero-order chi connectivity index (χ0) is 27.5. The summed E-state index contributed by atoms with van der Waals surface area (Å²) in [5.41, 5.74) is 0.0308. The minimum atomic E-state index is -2.49. The number of nitrogens with zero attached hydrogens (tertiary/aromatic N) is 2. The Bertz CT molecular complexity index is 1050. The Kier molecular flexibility index (Phi) is 9.19. The van der Waals surface area contributed by atoms with Gasteiger partial charge in [-0.05, 0) is 59.2 Å². The molecule has 2 aromatic rings. The molecule has 3 rings (SSSR count). The predicted molar refractivity (Wildman–Crippen MR) is 132 cm³/mol. The predicted octanol–water partition coefficient (Wildman–Crippen LogP) is 1.26. The summed E-state index contributed by atoms with van der Waals surface area (Å²) in [6, 6.07) is 7.61. The monoisotopic (exact) mass is 522 g/mol. The Labute approximate surface area is 216 Å². The molecule has 1 fully saturated rings. The van der Waals surface area contributed by atoms with Crippen LogP contribution in [0.1, 0.15) is 57.5 Å². The van der Waals surface area contributed by atoms with Crippen LogP contribution in [0.15, 0.2) is 24.3 Å². The molecule has 1 unspecified atom stereocenters. The molecule has 0 amide bonds. The number of carbonyl (C=O) groups excluding carboxylic acids is 1. The molecule has 1 aromatic carbocycles. The SMILES string of the molecule is CCOc1ccc(Cc2c(OC(O)[C@H]3OC[C@@](O)(C(=O)OC(C)C)[C@@H](O)[C@@H]3O)nn(C(C)C)c2C)cc1. The Morgan fingerprint density at radius 3 is 2.43 bits per heavy atom. The molecule has 5 atom stereocenters. The third-order valence-electron chi connectivity index (χ3n) is 6.20. The van der Waals surface area contributed by atoms with Gasteiger partial charge in [0.2, 0.25) is 17.8 Å². The highest BCUT2D eigenvalue weighted by molar-refractivity contribution is 5.80. The quantitative estimate of drug-likeness (QED) is 0.265. The molecule has 4 N–H and O–H groups in total. The average Bonchev–Trinajstić information content (AvgIpc) is 3.13.